The largest absolute Gasteiger partial charge is 0.448 e. The van der Waals surface area contributed by atoms with Crippen LogP contribution in [0.5, 0.6) is 0 Å². The molecule has 0 radical (unpaired) electrons. The van der Waals surface area contributed by atoms with Crippen LogP contribution in [0.25, 0.3) is 0 Å². The van der Waals surface area contributed by atoms with Gasteiger partial charge in [0.25, 0.3) is 0 Å². The van der Waals surface area contributed by atoms with E-state index in [2.05, 4.69) is 6.92 Å². The van der Waals surface area contributed by atoms with Crippen molar-refractivity contribution < 1.29 is 9.21 Å². The molecule has 84 valence electrons. The number of rotatable bonds is 5. The Morgan fingerprint density at radius 1 is 1.53 bits per heavy atom. The Bertz CT molecular complexity index is 291. The van der Waals surface area contributed by atoms with E-state index in [0.717, 1.165) is 19.4 Å². The molecule has 0 bridgehead atoms. The number of carbonyl (C=O) groups is 1. The third-order valence-electron chi connectivity index (χ3n) is 2.27. The Balaban J connectivity index is 2.74. The van der Waals surface area contributed by atoms with Crippen LogP contribution in [0, 0.1) is 5.92 Å². The van der Waals surface area contributed by atoms with Gasteiger partial charge in [0.15, 0.2) is 0 Å². The molecule has 15 heavy (non-hydrogen) atoms. The average Bonchev–Trinajstić information content (AvgIpc) is 2.71. The first-order valence-corrected chi connectivity index (χ1v) is 5.51. The zero-order valence-electron chi connectivity index (χ0n) is 9.69. The maximum absolute atomic E-state index is 11.9. The molecule has 3 nitrogen and oxygen atoms in total. The highest BCUT2D eigenvalue weighted by Gasteiger charge is 2.19. The van der Waals surface area contributed by atoms with E-state index < -0.39 is 0 Å². The molecule has 1 aromatic heterocycles. The third-order valence-corrected chi connectivity index (χ3v) is 2.27. The molecule has 1 amide bonds. The predicted octanol–water partition coefficient (Wildman–Crippen LogP) is 3.07. The summed E-state index contributed by atoms with van der Waals surface area (Å²) in [7, 11) is 0. The first kappa shape index (κ1) is 11.8. The fourth-order valence-corrected chi connectivity index (χ4v) is 1.38. The smallest absolute Gasteiger partial charge is 0.231 e. The molecule has 1 heterocycles. The average molecular weight is 209 g/mol. The van der Waals surface area contributed by atoms with Gasteiger partial charge in [-0.2, -0.15) is 0 Å². The van der Waals surface area contributed by atoms with Crippen molar-refractivity contribution in [1.29, 1.82) is 0 Å². The summed E-state index contributed by atoms with van der Waals surface area (Å²) in [6.07, 6.45) is 3.67. The van der Waals surface area contributed by atoms with Crippen molar-refractivity contribution in [3.63, 3.8) is 0 Å². The number of amides is 1. The van der Waals surface area contributed by atoms with Crippen molar-refractivity contribution in [3.05, 3.63) is 18.4 Å². The SMILES string of the molecule is CCCCN(C(=O)C(C)C)c1ccco1. The second kappa shape index (κ2) is 5.59. The number of hydrogen-bond donors (Lipinski definition) is 0. The van der Waals surface area contributed by atoms with Crippen LogP contribution >= 0.6 is 0 Å². The highest BCUT2D eigenvalue weighted by molar-refractivity contribution is 5.93. The molecule has 0 N–H and O–H groups in total. The number of anilines is 1. The number of carbonyl (C=O) groups excluding carboxylic acids is 1. The van der Waals surface area contributed by atoms with Crippen molar-refractivity contribution >= 4 is 11.8 Å². The zero-order valence-corrected chi connectivity index (χ0v) is 9.69. The van der Waals surface area contributed by atoms with Gasteiger partial charge in [-0.15, -0.1) is 0 Å². The first-order chi connectivity index (χ1) is 7.16. The van der Waals surface area contributed by atoms with Gasteiger partial charge in [0.1, 0.15) is 0 Å². The highest BCUT2D eigenvalue weighted by Crippen LogP contribution is 2.17. The lowest BCUT2D eigenvalue weighted by Crippen LogP contribution is -2.34. The first-order valence-electron chi connectivity index (χ1n) is 5.51. The lowest BCUT2D eigenvalue weighted by atomic mass is 10.2. The summed E-state index contributed by atoms with van der Waals surface area (Å²) in [5.41, 5.74) is 0. The predicted molar refractivity (Wildman–Crippen MR) is 60.8 cm³/mol. The highest BCUT2D eigenvalue weighted by atomic mass is 16.3. The van der Waals surface area contributed by atoms with Crippen LogP contribution in [-0.2, 0) is 4.79 Å². The molecular formula is C12H19NO2. The molecular weight excluding hydrogens is 190 g/mol. The van der Waals surface area contributed by atoms with Gasteiger partial charge in [-0.05, 0) is 12.5 Å². The van der Waals surface area contributed by atoms with Gasteiger partial charge in [0.2, 0.25) is 11.8 Å². The molecule has 0 saturated carbocycles. The Morgan fingerprint density at radius 3 is 2.73 bits per heavy atom. The number of nitrogens with zero attached hydrogens (tertiary/aromatic N) is 1. The fourth-order valence-electron chi connectivity index (χ4n) is 1.38. The summed E-state index contributed by atoms with van der Waals surface area (Å²) in [6, 6.07) is 3.64. The zero-order chi connectivity index (χ0) is 11.3. The van der Waals surface area contributed by atoms with E-state index in [-0.39, 0.29) is 11.8 Å². The molecule has 3 heteroatoms. The second-order valence-corrected chi connectivity index (χ2v) is 3.95. The minimum atomic E-state index is 0.00644. The molecule has 0 fully saturated rings. The van der Waals surface area contributed by atoms with Crippen molar-refractivity contribution in [3.8, 4) is 0 Å². The monoisotopic (exact) mass is 209 g/mol. The van der Waals surface area contributed by atoms with E-state index in [1.54, 1.807) is 11.2 Å². The number of furan rings is 1. The summed E-state index contributed by atoms with van der Waals surface area (Å²) >= 11 is 0. The summed E-state index contributed by atoms with van der Waals surface area (Å²) in [6.45, 7) is 6.66. The topological polar surface area (TPSA) is 33.5 Å². The Morgan fingerprint density at radius 2 is 2.27 bits per heavy atom. The molecule has 0 aliphatic carbocycles. The van der Waals surface area contributed by atoms with Crippen LogP contribution < -0.4 is 4.90 Å². The summed E-state index contributed by atoms with van der Waals surface area (Å²) in [5, 5.41) is 0. The van der Waals surface area contributed by atoms with E-state index in [1.807, 2.05) is 26.0 Å². The van der Waals surface area contributed by atoms with Crippen LogP contribution in [0.1, 0.15) is 33.6 Å². The van der Waals surface area contributed by atoms with Crippen molar-refractivity contribution in [1.82, 2.24) is 0 Å². The molecule has 1 rings (SSSR count). The fraction of sp³-hybridized carbons (Fsp3) is 0.583. The molecule has 0 aliphatic heterocycles. The van der Waals surface area contributed by atoms with Crippen molar-refractivity contribution in [2.75, 3.05) is 11.4 Å². The molecule has 0 atom stereocenters. The van der Waals surface area contributed by atoms with E-state index >= 15 is 0 Å². The molecule has 0 aromatic carbocycles. The maximum Gasteiger partial charge on any atom is 0.231 e. The van der Waals surface area contributed by atoms with Gasteiger partial charge < -0.3 is 4.42 Å². The van der Waals surface area contributed by atoms with Gasteiger partial charge in [0, 0.05) is 18.5 Å². The van der Waals surface area contributed by atoms with Gasteiger partial charge >= 0.3 is 0 Å². The van der Waals surface area contributed by atoms with E-state index in [0.29, 0.717) is 5.88 Å². The van der Waals surface area contributed by atoms with Gasteiger partial charge in [-0.3, -0.25) is 9.69 Å². The van der Waals surface area contributed by atoms with Crippen LogP contribution in [0.4, 0.5) is 5.88 Å². The third kappa shape index (κ3) is 3.11. The van der Waals surface area contributed by atoms with E-state index in [1.165, 1.54) is 0 Å². The minimum absolute atomic E-state index is 0.00644. The number of hydrogen-bond acceptors (Lipinski definition) is 2. The molecule has 0 saturated heterocycles. The van der Waals surface area contributed by atoms with Crippen LogP contribution in [-0.4, -0.2) is 12.5 Å². The molecule has 0 spiro atoms. The number of unbranched alkanes of at least 4 members (excludes halogenated alkanes) is 1. The normalized spacial score (nSPS) is 10.7. The van der Waals surface area contributed by atoms with Crippen LogP contribution in [0.15, 0.2) is 22.8 Å². The van der Waals surface area contributed by atoms with Gasteiger partial charge in [0.05, 0.1) is 6.26 Å². The van der Waals surface area contributed by atoms with Gasteiger partial charge in [-0.25, -0.2) is 0 Å². The Kier molecular flexibility index (Phi) is 4.40. The van der Waals surface area contributed by atoms with Crippen LogP contribution in [0.2, 0.25) is 0 Å². The second-order valence-electron chi connectivity index (χ2n) is 3.95. The van der Waals surface area contributed by atoms with Crippen molar-refractivity contribution in [2.45, 2.75) is 33.6 Å². The summed E-state index contributed by atoms with van der Waals surface area (Å²) in [4.78, 5) is 13.6. The van der Waals surface area contributed by atoms with Gasteiger partial charge in [-0.1, -0.05) is 27.2 Å². The molecule has 0 aliphatic rings. The molecule has 0 unspecified atom stereocenters. The lowest BCUT2D eigenvalue weighted by Gasteiger charge is -2.21. The quantitative estimate of drug-likeness (QED) is 0.746. The summed E-state index contributed by atoms with van der Waals surface area (Å²) < 4.78 is 5.27. The van der Waals surface area contributed by atoms with E-state index in [9.17, 15) is 4.79 Å². The van der Waals surface area contributed by atoms with E-state index in [4.69, 9.17) is 4.42 Å². The Hall–Kier alpha value is -1.25. The summed E-state index contributed by atoms with van der Waals surface area (Å²) in [5.74, 6) is 0.785. The minimum Gasteiger partial charge on any atom is -0.448 e. The maximum atomic E-state index is 11.9. The van der Waals surface area contributed by atoms with Crippen LogP contribution in [0.3, 0.4) is 0 Å². The van der Waals surface area contributed by atoms with Crippen molar-refractivity contribution in [2.24, 2.45) is 5.92 Å². The molecule has 1 aromatic rings. The Labute approximate surface area is 91.1 Å². The lowest BCUT2D eigenvalue weighted by molar-refractivity contribution is -0.121. The standard InChI is InChI=1S/C12H19NO2/c1-4-5-8-13(12(14)10(2)3)11-7-6-9-15-11/h6-7,9-10H,4-5,8H2,1-3H3.